The molecule has 1 unspecified atom stereocenters. The highest BCUT2D eigenvalue weighted by Crippen LogP contribution is 2.33. The largest absolute Gasteiger partial charge is 0.492 e. The number of anilines is 1. The molecule has 35 heavy (non-hydrogen) atoms. The molecule has 0 bridgehead atoms. The molecule has 0 saturated carbocycles. The number of fused-ring (bicyclic) bond motifs is 1. The van der Waals surface area contributed by atoms with Crippen LogP contribution in [0, 0.1) is 0 Å². The monoisotopic (exact) mass is 473 g/mol. The van der Waals surface area contributed by atoms with Gasteiger partial charge in [0.2, 0.25) is 12.7 Å². The van der Waals surface area contributed by atoms with E-state index in [9.17, 15) is 4.79 Å². The number of hydrogen-bond acceptors (Lipinski definition) is 6. The Morgan fingerprint density at radius 2 is 1.69 bits per heavy atom. The fourth-order valence-corrected chi connectivity index (χ4v) is 4.69. The van der Waals surface area contributed by atoms with E-state index in [-0.39, 0.29) is 18.7 Å². The standard InChI is InChI=1S/C28H31N3O4/c1-2-33-24-11-7-6-10-23(24)29-28(32)27(22-8-4-3-5-9-22)31-16-14-30(15-17-31)19-21-12-13-25-26(18-21)35-20-34-25/h3-13,18,27H,2,14-17,19-20H2,1H3,(H,29,32). The first-order valence-electron chi connectivity index (χ1n) is 12.1. The van der Waals surface area contributed by atoms with Crippen molar-refractivity contribution in [2.24, 2.45) is 0 Å². The van der Waals surface area contributed by atoms with Gasteiger partial charge >= 0.3 is 0 Å². The van der Waals surface area contributed by atoms with Crippen molar-refractivity contribution < 1.29 is 19.0 Å². The molecule has 1 saturated heterocycles. The van der Waals surface area contributed by atoms with Crippen LogP contribution in [-0.4, -0.2) is 55.3 Å². The average Bonchev–Trinajstić information content (AvgIpc) is 3.35. The van der Waals surface area contributed by atoms with Gasteiger partial charge in [-0.1, -0.05) is 48.5 Å². The fourth-order valence-electron chi connectivity index (χ4n) is 4.69. The Morgan fingerprint density at radius 1 is 0.943 bits per heavy atom. The predicted molar refractivity (Wildman–Crippen MR) is 135 cm³/mol. The minimum absolute atomic E-state index is 0.0485. The van der Waals surface area contributed by atoms with Gasteiger partial charge < -0.3 is 19.5 Å². The van der Waals surface area contributed by atoms with E-state index in [0.29, 0.717) is 18.0 Å². The van der Waals surface area contributed by atoms with Gasteiger partial charge in [-0.15, -0.1) is 0 Å². The van der Waals surface area contributed by atoms with Crippen LogP contribution in [0.25, 0.3) is 0 Å². The van der Waals surface area contributed by atoms with Gasteiger partial charge in [0.15, 0.2) is 11.5 Å². The van der Waals surface area contributed by atoms with E-state index in [1.165, 1.54) is 5.56 Å². The second-order valence-corrected chi connectivity index (χ2v) is 8.73. The first-order chi connectivity index (χ1) is 17.2. The van der Waals surface area contributed by atoms with Gasteiger partial charge in [0.25, 0.3) is 0 Å². The molecule has 0 radical (unpaired) electrons. The third-order valence-electron chi connectivity index (χ3n) is 6.42. The predicted octanol–water partition coefficient (Wildman–Crippen LogP) is 4.31. The maximum atomic E-state index is 13.6. The van der Waals surface area contributed by atoms with E-state index in [2.05, 4.69) is 27.2 Å². The molecule has 2 aliphatic heterocycles. The van der Waals surface area contributed by atoms with Gasteiger partial charge in [0.1, 0.15) is 11.8 Å². The third kappa shape index (κ3) is 5.42. The van der Waals surface area contributed by atoms with Crippen LogP contribution < -0.4 is 19.5 Å². The number of carbonyl (C=O) groups is 1. The van der Waals surface area contributed by atoms with Gasteiger partial charge in [0.05, 0.1) is 12.3 Å². The van der Waals surface area contributed by atoms with Crippen LogP contribution in [0.5, 0.6) is 17.2 Å². The van der Waals surface area contributed by atoms with Crippen molar-refractivity contribution >= 4 is 11.6 Å². The topological polar surface area (TPSA) is 63.3 Å². The number of benzene rings is 3. The Labute approximate surface area is 206 Å². The molecule has 1 amide bonds. The van der Waals surface area contributed by atoms with Crippen molar-refractivity contribution in [3.8, 4) is 17.2 Å². The summed E-state index contributed by atoms with van der Waals surface area (Å²) in [4.78, 5) is 18.3. The molecule has 3 aromatic rings. The Bertz CT molecular complexity index is 1150. The van der Waals surface area contributed by atoms with Crippen molar-refractivity contribution in [3.63, 3.8) is 0 Å². The minimum atomic E-state index is -0.376. The summed E-state index contributed by atoms with van der Waals surface area (Å²) in [6.45, 7) is 6.95. The van der Waals surface area contributed by atoms with Crippen LogP contribution in [0.2, 0.25) is 0 Å². The molecule has 3 aromatic carbocycles. The van der Waals surface area contributed by atoms with Crippen LogP contribution in [0.3, 0.4) is 0 Å². The number of nitrogens with zero attached hydrogens (tertiary/aromatic N) is 2. The van der Waals surface area contributed by atoms with E-state index in [1.54, 1.807) is 0 Å². The van der Waals surface area contributed by atoms with E-state index in [1.807, 2.05) is 67.6 Å². The number of ether oxygens (including phenoxy) is 3. The Kier molecular flexibility index (Phi) is 7.16. The second kappa shape index (κ2) is 10.8. The molecule has 7 heteroatoms. The number of rotatable bonds is 8. The van der Waals surface area contributed by atoms with Gasteiger partial charge in [-0.2, -0.15) is 0 Å². The van der Waals surface area contributed by atoms with Gasteiger partial charge in [0, 0.05) is 32.7 Å². The molecular weight excluding hydrogens is 442 g/mol. The molecule has 1 N–H and O–H groups in total. The number of carbonyl (C=O) groups excluding carboxylic acids is 1. The van der Waals surface area contributed by atoms with Crippen molar-refractivity contribution in [2.75, 3.05) is 44.9 Å². The summed E-state index contributed by atoms with van der Waals surface area (Å²) >= 11 is 0. The maximum Gasteiger partial charge on any atom is 0.246 e. The lowest BCUT2D eigenvalue weighted by Crippen LogP contribution is -2.49. The Hall–Kier alpha value is -3.55. The lowest BCUT2D eigenvalue weighted by atomic mass is 10.0. The molecule has 7 nitrogen and oxygen atoms in total. The molecule has 0 spiro atoms. The summed E-state index contributed by atoms with van der Waals surface area (Å²) < 4.78 is 16.7. The lowest BCUT2D eigenvalue weighted by Gasteiger charge is -2.39. The molecule has 1 atom stereocenters. The van der Waals surface area contributed by atoms with Gasteiger partial charge in [-0.3, -0.25) is 14.6 Å². The van der Waals surface area contributed by atoms with E-state index in [4.69, 9.17) is 14.2 Å². The zero-order chi connectivity index (χ0) is 24.0. The van der Waals surface area contributed by atoms with Crippen molar-refractivity contribution in [1.29, 1.82) is 0 Å². The van der Waals surface area contributed by atoms with Crippen LogP contribution in [-0.2, 0) is 11.3 Å². The summed E-state index contributed by atoms with van der Waals surface area (Å²) in [6, 6.07) is 23.3. The Morgan fingerprint density at radius 3 is 2.49 bits per heavy atom. The van der Waals surface area contributed by atoms with Crippen LogP contribution in [0.4, 0.5) is 5.69 Å². The molecule has 2 aliphatic rings. The molecule has 0 aromatic heterocycles. The van der Waals surface area contributed by atoms with E-state index < -0.39 is 0 Å². The van der Waals surface area contributed by atoms with Crippen LogP contribution >= 0.6 is 0 Å². The van der Waals surface area contributed by atoms with Crippen molar-refractivity contribution in [2.45, 2.75) is 19.5 Å². The van der Waals surface area contributed by atoms with Crippen molar-refractivity contribution in [1.82, 2.24) is 9.80 Å². The molecule has 182 valence electrons. The molecule has 5 rings (SSSR count). The normalized spacial score (nSPS) is 16.6. The quantitative estimate of drug-likeness (QED) is 0.526. The molecular formula is C28H31N3O4. The molecule has 0 aliphatic carbocycles. The second-order valence-electron chi connectivity index (χ2n) is 8.73. The zero-order valence-corrected chi connectivity index (χ0v) is 20.0. The number of hydrogen-bond donors (Lipinski definition) is 1. The zero-order valence-electron chi connectivity index (χ0n) is 20.0. The summed E-state index contributed by atoms with van der Waals surface area (Å²) in [5.74, 6) is 2.26. The number of para-hydroxylation sites is 2. The first-order valence-corrected chi connectivity index (χ1v) is 12.1. The summed E-state index contributed by atoms with van der Waals surface area (Å²) in [5, 5.41) is 3.12. The minimum Gasteiger partial charge on any atom is -0.492 e. The SMILES string of the molecule is CCOc1ccccc1NC(=O)C(c1ccccc1)N1CCN(Cc2ccc3c(c2)OCO3)CC1. The van der Waals surface area contributed by atoms with E-state index >= 15 is 0 Å². The highest BCUT2D eigenvalue weighted by Gasteiger charge is 2.31. The maximum absolute atomic E-state index is 13.6. The number of amides is 1. The number of piperazine rings is 1. The van der Waals surface area contributed by atoms with Gasteiger partial charge in [-0.05, 0) is 42.3 Å². The number of nitrogens with one attached hydrogen (secondary N) is 1. The summed E-state index contributed by atoms with van der Waals surface area (Å²) in [6.07, 6.45) is 0. The van der Waals surface area contributed by atoms with E-state index in [0.717, 1.165) is 49.8 Å². The lowest BCUT2D eigenvalue weighted by molar-refractivity contribution is -0.122. The fraction of sp³-hybridized carbons (Fsp3) is 0.321. The first kappa shape index (κ1) is 23.2. The van der Waals surface area contributed by atoms with Gasteiger partial charge in [-0.25, -0.2) is 0 Å². The summed E-state index contributed by atoms with van der Waals surface area (Å²) in [5.41, 5.74) is 2.89. The highest BCUT2D eigenvalue weighted by molar-refractivity contribution is 5.96. The van der Waals surface area contributed by atoms with Crippen LogP contribution in [0.15, 0.2) is 72.8 Å². The van der Waals surface area contributed by atoms with Crippen LogP contribution in [0.1, 0.15) is 24.1 Å². The summed E-state index contributed by atoms with van der Waals surface area (Å²) in [7, 11) is 0. The highest BCUT2D eigenvalue weighted by atomic mass is 16.7. The smallest absolute Gasteiger partial charge is 0.246 e. The third-order valence-corrected chi connectivity index (χ3v) is 6.42. The Balaban J connectivity index is 1.27. The molecule has 1 fully saturated rings. The average molecular weight is 474 g/mol. The van der Waals surface area contributed by atoms with Crippen molar-refractivity contribution in [3.05, 3.63) is 83.9 Å². The molecule has 2 heterocycles.